The number of aryl methyl sites for hydroxylation is 1. The van der Waals surface area contributed by atoms with Crippen LogP contribution in [-0.4, -0.2) is 41.3 Å². The van der Waals surface area contributed by atoms with Crippen molar-refractivity contribution in [3.8, 4) is 5.75 Å². The summed E-state index contributed by atoms with van der Waals surface area (Å²) in [5.74, 6) is 0.336. The van der Waals surface area contributed by atoms with Gasteiger partial charge in [-0.25, -0.2) is 0 Å². The molecule has 0 aromatic heterocycles. The summed E-state index contributed by atoms with van der Waals surface area (Å²) in [6.07, 6.45) is 1.02. The third-order valence-corrected chi connectivity index (χ3v) is 4.74. The van der Waals surface area contributed by atoms with Gasteiger partial charge >= 0.3 is 0 Å². The first kappa shape index (κ1) is 16.6. The normalized spacial score (nSPS) is 14.5. The highest BCUT2D eigenvalue weighted by molar-refractivity contribution is 7.80. The molecule has 1 fully saturated rings. The van der Waals surface area contributed by atoms with Crippen molar-refractivity contribution in [3.63, 3.8) is 0 Å². The number of hydrogen-bond donors (Lipinski definition) is 2. The van der Waals surface area contributed by atoms with Crippen LogP contribution in [0.1, 0.15) is 12.5 Å². The second-order valence-corrected chi connectivity index (χ2v) is 6.33. The van der Waals surface area contributed by atoms with E-state index in [1.54, 1.807) is 6.07 Å². The van der Waals surface area contributed by atoms with Gasteiger partial charge in [-0.2, -0.15) is 0 Å². The van der Waals surface area contributed by atoms with Crippen molar-refractivity contribution in [2.45, 2.75) is 13.3 Å². The van der Waals surface area contributed by atoms with Crippen LogP contribution < -0.4 is 10.2 Å². The van der Waals surface area contributed by atoms with E-state index in [2.05, 4.69) is 40.2 Å². The van der Waals surface area contributed by atoms with E-state index < -0.39 is 0 Å². The second kappa shape index (κ2) is 7.53. The Morgan fingerprint density at radius 2 is 1.83 bits per heavy atom. The zero-order chi connectivity index (χ0) is 16.9. The molecule has 1 aliphatic rings. The lowest BCUT2D eigenvalue weighted by molar-refractivity contribution is 0.387. The van der Waals surface area contributed by atoms with Crippen LogP contribution in [0.3, 0.4) is 0 Å². The highest BCUT2D eigenvalue weighted by atomic mass is 32.1. The molecule has 0 bridgehead atoms. The van der Waals surface area contributed by atoms with Crippen LogP contribution in [0.2, 0.25) is 0 Å². The molecule has 5 heteroatoms. The van der Waals surface area contributed by atoms with Crippen molar-refractivity contribution in [2.75, 3.05) is 36.4 Å². The molecule has 126 valence electrons. The number of piperazine rings is 1. The molecule has 1 saturated heterocycles. The smallest absolute Gasteiger partial charge is 0.173 e. The molecule has 0 spiro atoms. The number of benzene rings is 2. The number of aromatic hydroxyl groups is 1. The van der Waals surface area contributed by atoms with E-state index in [0.717, 1.165) is 49.1 Å². The van der Waals surface area contributed by atoms with Crippen molar-refractivity contribution in [3.05, 3.63) is 54.1 Å². The molecule has 2 aromatic rings. The van der Waals surface area contributed by atoms with Crippen LogP contribution in [0.15, 0.2) is 48.5 Å². The van der Waals surface area contributed by atoms with E-state index in [-0.39, 0.29) is 0 Å². The monoisotopic (exact) mass is 341 g/mol. The topological polar surface area (TPSA) is 38.7 Å². The fourth-order valence-corrected chi connectivity index (χ4v) is 3.25. The fraction of sp³-hybridized carbons (Fsp3) is 0.316. The van der Waals surface area contributed by atoms with Gasteiger partial charge in [0.1, 0.15) is 5.75 Å². The summed E-state index contributed by atoms with van der Waals surface area (Å²) >= 11 is 5.56. The Morgan fingerprint density at radius 1 is 1.08 bits per heavy atom. The van der Waals surface area contributed by atoms with E-state index in [9.17, 15) is 5.11 Å². The van der Waals surface area contributed by atoms with Crippen LogP contribution in [0.4, 0.5) is 11.4 Å². The minimum atomic E-state index is 0.336. The standard InChI is InChI=1S/C19H23N3OS/c1-2-15-6-5-7-16(14-15)20-19(24)22-12-10-21(11-13-22)17-8-3-4-9-18(17)23/h3-9,14,23H,2,10-13H2,1H3,(H,20,24). The van der Waals surface area contributed by atoms with E-state index >= 15 is 0 Å². The minimum absolute atomic E-state index is 0.336. The molecular weight excluding hydrogens is 318 g/mol. The molecule has 2 N–H and O–H groups in total. The van der Waals surface area contributed by atoms with Crippen molar-refractivity contribution < 1.29 is 5.11 Å². The van der Waals surface area contributed by atoms with Gasteiger partial charge in [0.05, 0.1) is 5.69 Å². The first-order valence-electron chi connectivity index (χ1n) is 8.35. The lowest BCUT2D eigenvalue weighted by Gasteiger charge is -2.37. The molecule has 0 unspecified atom stereocenters. The van der Waals surface area contributed by atoms with Gasteiger partial charge in [-0.05, 0) is 48.5 Å². The van der Waals surface area contributed by atoms with Crippen molar-refractivity contribution >= 4 is 28.7 Å². The molecule has 1 aliphatic heterocycles. The maximum Gasteiger partial charge on any atom is 0.173 e. The number of hydrogen-bond acceptors (Lipinski definition) is 3. The predicted molar refractivity (Wildman–Crippen MR) is 104 cm³/mol. The van der Waals surface area contributed by atoms with Crippen LogP contribution in [0, 0.1) is 0 Å². The maximum absolute atomic E-state index is 9.99. The van der Waals surface area contributed by atoms with E-state index in [0.29, 0.717) is 5.75 Å². The summed E-state index contributed by atoms with van der Waals surface area (Å²) < 4.78 is 0. The third kappa shape index (κ3) is 3.79. The number of para-hydroxylation sites is 2. The number of nitrogens with zero attached hydrogens (tertiary/aromatic N) is 2. The van der Waals surface area contributed by atoms with Crippen molar-refractivity contribution in [2.24, 2.45) is 0 Å². The molecular formula is C19H23N3OS. The zero-order valence-electron chi connectivity index (χ0n) is 13.9. The second-order valence-electron chi connectivity index (χ2n) is 5.95. The molecule has 2 aromatic carbocycles. The summed E-state index contributed by atoms with van der Waals surface area (Å²) in [5, 5.41) is 14.1. The summed E-state index contributed by atoms with van der Waals surface area (Å²) in [6.45, 7) is 5.51. The SMILES string of the molecule is CCc1cccc(NC(=S)N2CCN(c3ccccc3O)CC2)c1. The average molecular weight is 341 g/mol. The fourth-order valence-electron chi connectivity index (χ4n) is 2.95. The summed E-state index contributed by atoms with van der Waals surface area (Å²) in [4.78, 5) is 4.39. The molecule has 0 radical (unpaired) electrons. The Kier molecular flexibility index (Phi) is 5.20. The predicted octanol–water partition coefficient (Wildman–Crippen LogP) is 3.47. The van der Waals surface area contributed by atoms with Crippen molar-refractivity contribution in [1.82, 2.24) is 4.90 Å². The Morgan fingerprint density at radius 3 is 2.54 bits per heavy atom. The van der Waals surface area contributed by atoms with E-state index in [4.69, 9.17) is 12.2 Å². The number of phenols is 1. The number of anilines is 2. The highest BCUT2D eigenvalue weighted by Gasteiger charge is 2.20. The Labute approximate surface area is 148 Å². The maximum atomic E-state index is 9.99. The molecule has 1 heterocycles. The van der Waals surface area contributed by atoms with E-state index in [1.807, 2.05) is 24.3 Å². The van der Waals surface area contributed by atoms with Gasteiger partial charge in [0.15, 0.2) is 5.11 Å². The van der Waals surface area contributed by atoms with Gasteiger partial charge in [-0.1, -0.05) is 31.2 Å². The highest BCUT2D eigenvalue weighted by Crippen LogP contribution is 2.27. The number of nitrogens with one attached hydrogen (secondary N) is 1. The average Bonchev–Trinajstić information content (AvgIpc) is 2.62. The Balaban J connectivity index is 1.58. The molecule has 0 amide bonds. The van der Waals surface area contributed by atoms with Gasteiger partial charge in [0, 0.05) is 31.9 Å². The van der Waals surface area contributed by atoms with Crippen LogP contribution >= 0.6 is 12.2 Å². The lowest BCUT2D eigenvalue weighted by Crippen LogP contribution is -2.50. The van der Waals surface area contributed by atoms with Gasteiger partial charge in [0.25, 0.3) is 0 Å². The lowest BCUT2D eigenvalue weighted by atomic mass is 10.1. The minimum Gasteiger partial charge on any atom is -0.506 e. The molecule has 4 nitrogen and oxygen atoms in total. The van der Waals surface area contributed by atoms with Gasteiger partial charge < -0.3 is 20.2 Å². The summed E-state index contributed by atoms with van der Waals surface area (Å²) in [5.41, 5.74) is 3.24. The van der Waals surface area contributed by atoms with Crippen molar-refractivity contribution in [1.29, 1.82) is 0 Å². The first-order valence-corrected chi connectivity index (χ1v) is 8.76. The largest absolute Gasteiger partial charge is 0.506 e. The summed E-state index contributed by atoms with van der Waals surface area (Å²) in [7, 11) is 0. The summed E-state index contributed by atoms with van der Waals surface area (Å²) in [6, 6.07) is 15.9. The molecule has 0 aliphatic carbocycles. The molecule has 3 rings (SSSR count). The Hall–Kier alpha value is -2.27. The van der Waals surface area contributed by atoms with Crippen LogP contribution in [0.5, 0.6) is 5.75 Å². The molecule has 0 saturated carbocycles. The van der Waals surface area contributed by atoms with Crippen LogP contribution in [0.25, 0.3) is 0 Å². The number of phenolic OH excluding ortho intramolecular Hbond substituents is 1. The number of rotatable bonds is 3. The van der Waals surface area contributed by atoms with Gasteiger partial charge in [-0.15, -0.1) is 0 Å². The number of thiocarbonyl (C=S) groups is 1. The van der Waals surface area contributed by atoms with Crippen LogP contribution in [-0.2, 0) is 6.42 Å². The van der Waals surface area contributed by atoms with Gasteiger partial charge in [0.2, 0.25) is 0 Å². The third-order valence-electron chi connectivity index (χ3n) is 4.38. The molecule has 24 heavy (non-hydrogen) atoms. The molecule has 0 atom stereocenters. The van der Waals surface area contributed by atoms with Gasteiger partial charge in [-0.3, -0.25) is 0 Å². The first-order chi connectivity index (χ1) is 11.7. The van der Waals surface area contributed by atoms with E-state index in [1.165, 1.54) is 5.56 Å². The quantitative estimate of drug-likeness (QED) is 0.837. The Bertz CT molecular complexity index is 711. The zero-order valence-corrected chi connectivity index (χ0v) is 14.7.